The van der Waals surface area contributed by atoms with Gasteiger partial charge in [0, 0.05) is 13.5 Å². The van der Waals surface area contributed by atoms with Crippen LogP contribution in [0.4, 0.5) is 0 Å². The molecule has 0 aliphatic heterocycles. The number of allylic oxidation sites excluding steroid dienone is 1. The topological polar surface area (TPSA) is 98.2 Å². The van der Waals surface area contributed by atoms with Crippen molar-refractivity contribution in [2.45, 2.75) is 32.3 Å². The summed E-state index contributed by atoms with van der Waals surface area (Å²) < 4.78 is 15.9. The summed E-state index contributed by atoms with van der Waals surface area (Å²) >= 11 is 0. The maximum absolute atomic E-state index is 11.8. The first-order chi connectivity index (χ1) is 10.5. The zero-order chi connectivity index (χ0) is 16.2. The minimum Gasteiger partial charge on any atom is -0.456 e. The summed E-state index contributed by atoms with van der Waals surface area (Å²) in [6.07, 6.45) is 5.76. The summed E-state index contributed by atoms with van der Waals surface area (Å²) in [7, 11) is 1.54. The molecule has 1 saturated carbocycles. The molecule has 0 aromatic rings. The Bertz CT molecular complexity index is 538. The number of esters is 1. The molecule has 0 radical (unpaired) electrons. The fraction of sp³-hybridized carbons (Fsp3) is 0.667. The predicted octanol–water partition coefficient (Wildman–Crippen LogP) is 1.13. The Balaban J connectivity index is 2.27. The maximum Gasteiger partial charge on any atom is 0.413 e. The van der Waals surface area contributed by atoms with Crippen molar-refractivity contribution in [3.05, 3.63) is 17.7 Å². The SMILES string of the molecule is COCO[C@H]1CC[C@@]2(C)CC(=O)C=C[C@@]12COC(=O)C=[N+]=[N-]. The largest absolute Gasteiger partial charge is 0.456 e. The van der Waals surface area contributed by atoms with Crippen molar-refractivity contribution < 1.29 is 28.6 Å². The Hall–Kier alpha value is -1.82. The summed E-state index contributed by atoms with van der Waals surface area (Å²) in [4.78, 5) is 25.9. The second-order valence-corrected chi connectivity index (χ2v) is 6.03. The van der Waals surface area contributed by atoms with Gasteiger partial charge in [-0.2, -0.15) is 4.79 Å². The van der Waals surface area contributed by atoms with Gasteiger partial charge in [0.15, 0.2) is 5.78 Å². The van der Waals surface area contributed by atoms with Gasteiger partial charge in [0.1, 0.15) is 13.4 Å². The number of ketones is 1. The molecule has 1 fully saturated rings. The predicted molar refractivity (Wildman–Crippen MR) is 75.9 cm³/mol. The van der Waals surface area contributed by atoms with Crippen LogP contribution in [0.1, 0.15) is 26.2 Å². The van der Waals surface area contributed by atoms with Crippen molar-refractivity contribution in [2.75, 3.05) is 20.5 Å². The molecule has 0 bridgehead atoms. The Morgan fingerprint density at radius 1 is 1.59 bits per heavy atom. The van der Waals surface area contributed by atoms with Crippen LogP contribution in [-0.2, 0) is 23.8 Å². The monoisotopic (exact) mass is 308 g/mol. The molecule has 0 unspecified atom stereocenters. The molecule has 0 heterocycles. The van der Waals surface area contributed by atoms with Crippen molar-refractivity contribution in [3.8, 4) is 0 Å². The normalized spacial score (nSPS) is 33.2. The lowest BCUT2D eigenvalue weighted by Crippen LogP contribution is -2.49. The highest BCUT2D eigenvalue weighted by Crippen LogP contribution is 2.58. The number of ether oxygens (including phenoxy) is 3. The van der Waals surface area contributed by atoms with E-state index >= 15 is 0 Å². The molecule has 7 nitrogen and oxygen atoms in total. The van der Waals surface area contributed by atoms with Crippen LogP contribution in [0, 0.1) is 10.8 Å². The molecule has 0 aromatic heterocycles. The highest BCUT2D eigenvalue weighted by molar-refractivity contribution is 6.20. The summed E-state index contributed by atoms with van der Waals surface area (Å²) in [6.45, 7) is 2.21. The molecule has 2 aliphatic rings. The standard InChI is InChI=1S/C15H20N2O5/c1-14-5-4-12(22-10-20-2)15(14,6-3-11(18)7-14)9-21-13(19)8-17-16/h3,6,8,12H,4-5,7,9-10H2,1-2H3/t12-,14-,15+/m0/s1. The van der Waals surface area contributed by atoms with Gasteiger partial charge in [0.2, 0.25) is 0 Å². The summed E-state index contributed by atoms with van der Waals surface area (Å²) in [5.41, 5.74) is 7.46. The molecule has 0 aromatic carbocycles. The highest BCUT2D eigenvalue weighted by atomic mass is 16.7. The summed E-state index contributed by atoms with van der Waals surface area (Å²) in [6, 6.07) is 0. The summed E-state index contributed by atoms with van der Waals surface area (Å²) in [5.74, 6) is -0.671. The minimum absolute atomic E-state index is 0.0620. The first-order valence-electron chi connectivity index (χ1n) is 7.14. The first kappa shape index (κ1) is 16.5. The molecule has 0 amide bonds. The van der Waals surface area contributed by atoms with E-state index in [0.717, 1.165) is 12.8 Å². The average molecular weight is 308 g/mol. The van der Waals surface area contributed by atoms with Crippen molar-refractivity contribution in [1.82, 2.24) is 0 Å². The Labute approximate surface area is 128 Å². The second kappa shape index (κ2) is 6.52. The van der Waals surface area contributed by atoms with Gasteiger partial charge in [-0.1, -0.05) is 13.0 Å². The molecule has 22 heavy (non-hydrogen) atoms. The third-order valence-electron chi connectivity index (χ3n) is 4.79. The molecule has 3 atom stereocenters. The Morgan fingerprint density at radius 3 is 3.05 bits per heavy atom. The Morgan fingerprint density at radius 2 is 2.36 bits per heavy atom. The molecule has 0 spiro atoms. The van der Waals surface area contributed by atoms with Gasteiger partial charge >= 0.3 is 12.2 Å². The maximum atomic E-state index is 11.8. The van der Waals surface area contributed by atoms with Crippen LogP contribution < -0.4 is 0 Å². The van der Waals surface area contributed by atoms with Crippen molar-refractivity contribution in [1.29, 1.82) is 0 Å². The molecule has 2 aliphatic carbocycles. The second-order valence-electron chi connectivity index (χ2n) is 6.03. The van der Waals surface area contributed by atoms with Gasteiger partial charge in [-0.05, 0) is 24.3 Å². The fourth-order valence-corrected chi connectivity index (χ4v) is 3.55. The van der Waals surface area contributed by atoms with Crippen LogP contribution in [0.3, 0.4) is 0 Å². The lowest BCUT2D eigenvalue weighted by atomic mass is 9.61. The third-order valence-corrected chi connectivity index (χ3v) is 4.79. The zero-order valence-corrected chi connectivity index (χ0v) is 12.8. The number of methoxy groups -OCH3 is 1. The lowest BCUT2D eigenvalue weighted by molar-refractivity contribution is -0.156. The number of hydrogen-bond donors (Lipinski definition) is 0. The van der Waals surface area contributed by atoms with E-state index in [1.165, 1.54) is 6.08 Å². The number of fused-ring (bicyclic) bond motifs is 1. The molecule has 7 heteroatoms. The molecular formula is C15H20N2O5. The van der Waals surface area contributed by atoms with E-state index in [0.29, 0.717) is 12.6 Å². The molecular weight excluding hydrogens is 288 g/mol. The van der Waals surface area contributed by atoms with Crippen LogP contribution in [0.25, 0.3) is 5.53 Å². The van der Waals surface area contributed by atoms with Crippen LogP contribution in [-0.4, -0.2) is 49.4 Å². The number of carbonyl (C=O) groups excluding carboxylic acids is 2. The van der Waals surface area contributed by atoms with E-state index in [4.69, 9.17) is 19.7 Å². The molecule has 2 rings (SSSR count). The van der Waals surface area contributed by atoms with Crippen molar-refractivity contribution >= 4 is 18.0 Å². The van der Waals surface area contributed by atoms with Gasteiger partial charge in [-0.25, -0.2) is 4.79 Å². The van der Waals surface area contributed by atoms with Gasteiger partial charge in [-0.15, -0.1) is 0 Å². The number of rotatable bonds is 6. The van der Waals surface area contributed by atoms with E-state index in [2.05, 4.69) is 4.79 Å². The van der Waals surface area contributed by atoms with Crippen LogP contribution in [0.15, 0.2) is 12.2 Å². The number of carbonyl (C=O) groups is 2. The van der Waals surface area contributed by atoms with Gasteiger partial charge in [0.05, 0.1) is 11.5 Å². The smallest absolute Gasteiger partial charge is 0.413 e. The minimum atomic E-state index is -0.734. The Kier molecular flexibility index (Phi) is 4.90. The molecule has 0 saturated heterocycles. The van der Waals surface area contributed by atoms with Gasteiger partial charge < -0.3 is 19.7 Å². The van der Waals surface area contributed by atoms with Crippen molar-refractivity contribution in [2.24, 2.45) is 10.8 Å². The van der Waals surface area contributed by atoms with E-state index in [9.17, 15) is 9.59 Å². The van der Waals surface area contributed by atoms with Crippen LogP contribution in [0.5, 0.6) is 0 Å². The van der Waals surface area contributed by atoms with Gasteiger partial charge in [-0.3, -0.25) is 4.79 Å². The molecule has 0 N–H and O–H groups in total. The van der Waals surface area contributed by atoms with Crippen molar-refractivity contribution in [3.63, 3.8) is 0 Å². The number of nitrogens with zero attached hydrogens (tertiary/aromatic N) is 2. The number of hydrogen-bond acceptors (Lipinski definition) is 5. The van der Waals surface area contributed by atoms with Crippen LogP contribution >= 0.6 is 0 Å². The third kappa shape index (κ3) is 2.88. The summed E-state index contributed by atoms with van der Waals surface area (Å²) in [5, 5.41) is 0. The highest BCUT2D eigenvalue weighted by Gasteiger charge is 2.59. The lowest BCUT2D eigenvalue weighted by Gasteiger charge is -2.45. The van der Waals surface area contributed by atoms with E-state index in [1.807, 2.05) is 6.92 Å². The average Bonchev–Trinajstić information content (AvgIpc) is 2.75. The first-order valence-corrected chi connectivity index (χ1v) is 7.14. The quantitative estimate of drug-likeness (QED) is 0.241. The molecule has 120 valence electrons. The van der Waals surface area contributed by atoms with E-state index < -0.39 is 11.4 Å². The van der Waals surface area contributed by atoms with E-state index in [-0.39, 0.29) is 30.7 Å². The van der Waals surface area contributed by atoms with Crippen LogP contribution in [0.2, 0.25) is 0 Å². The fourth-order valence-electron chi connectivity index (χ4n) is 3.55. The zero-order valence-electron chi connectivity index (χ0n) is 12.8. The van der Waals surface area contributed by atoms with E-state index in [1.54, 1.807) is 13.2 Å². The van der Waals surface area contributed by atoms with Gasteiger partial charge in [0.25, 0.3) is 0 Å².